The van der Waals surface area contributed by atoms with Gasteiger partial charge in [0.1, 0.15) is 11.1 Å². The standard InChI is InChI=1S/C18H16N2O5S2/c1-27(23,24)15-8-3-2-5-12(15)18(22)25-10-16(21)20-17-13(9-19)11-6-4-7-14(11)26-17/h2-3,5,8H,4,6-7,10H2,1H3,(H,20,21). The molecule has 0 atom stereocenters. The number of anilines is 1. The second kappa shape index (κ2) is 7.50. The minimum atomic E-state index is -3.61. The number of fused-ring (bicyclic) bond motifs is 1. The summed E-state index contributed by atoms with van der Waals surface area (Å²) in [6.45, 7) is -0.579. The Balaban J connectivity index is 1.67. The summed E-state index contributed by atoms with van der Waals surface area (Å²) in [5, 5.41) is 12.4. The van der Waals surface area contributed by atoms with Crippen LogP contribution in [0.3, 0.4) is 0 Å². The number of nitrogens with zero attached hydrogens (tertiary/aromatic N) is 1. The molecule has 0 saturated heterocycles. The number of sulfone groups is 1. The van der Waals surface area contributed by atoms with Gasteiger partial charge in [0.15, 0.2) is 16.4 Å². The third-order valence-corrected chi connectivity index (χ3v) is 6.49. The number of hydrogen-bond acceptors (Lipinski definition) is 7. The summed E-state index contributed by atoms with van der Waals surface area (Å²) in [7, 11) is -3.61. The summed E-state index contributed by atoms with van der Waals surface area (Å²) in [5.74, 6) is -1.49. The van der Waals surface area contributed by atoms with Gasteiger partial charge in [-0.1, -0.05) is 12.1 Å². The summed E-state index contributed by atoms with van der Waals surface area (Å²) in [5.41, 5.74) is 1.33. The van der Waals surface area contributed by atoms with Crippen LogP contribution in [0.5, 0.6) is 0 Å². The number of amides is 1. The number of thiophene rings is 1. The average molecular weight is 404 g/mol. The summed E-state index contributed by atoms with van der Waals surface area (Å²) in [6, 6.07) is 7.76. The number of carbonyl (C=O) groups excluding carboxylic acids is 2. The highest BCUT2D eigenvalue weighted by atomic mass is 32.2. The van der Waals surface area contributed by atoms with E-state index >= 15 is 0 Å². The highest BCUT2D eigenvalue weighted by molar-refractivity contribution is 7.90. The monoisotopic (exact) mass is 404 g/mol. The van der Waals surface area contributed by atoms with Gasteiger partial charge in [0, 0.05) is 11.1 Å². The lowest BCUT2D eigenvalue weighted by atomic mass is 10.1. The minimum absolute atomic E-state index is 0.124. The largest absolute Gasteiger partial charge is 0.452 e. The van der Waals surface area contributed by atoms with Gasteiger partial charge in [-0.3, -0.25) is 4.79 Å². The number of aryl methyl sites for hydroxylation is 1. The van der Waals surface area contributed by atoms with E-state index in [0.717, 1.165) is 36.0 Å². The molecule has 3 rings (SSSR count). The van der Waals surface area contributed by atoms with Gasteiger partial charge in [0.25, 0.3) is 5.91 Å². The van der Waals surface area contributed by atoms with Crippen LogP contribution in [0, 0.1) is 11.3 Å². The Kier molecular flexibility index (Phi) is 5.30. The Labute approximate surface area is 160 Å². The summed E-state index contributed by atoms with van der Waals surface area (Å²) < 4.78 is 28.5. The molecule has 1 amide bonds. The third kappa shape index (κ3) is 4.02. The molecule has 0 unspecified atom stereocenters. The van der Waals surface area contributed by atoms with E-state index in [2.05, 4.69) is 11.4 Å². The molecule has 0 fully saturated rings. The van der Waals surface area contributed by atoms with E-state index in [-0.39, 0.29) is 10.5 Å². The van der Waals surface area contributed by atoms with Crippen LogP contribution < -0.4 is 5.32 Å². The molecule has 27 heavy (non-hydrogen) atoms. The molecule has 9 heteroatoms. The Morgan fingerprint density at radius 3 is 2.74 bits per heavy atom. The van der Waals surface area contributed by atoms with Crippen molar-refractivity contribution in [3.8, 4) is 6.07 Å². The lowest BCUT2D eigenvalue weighted by Gasteiger charge is -2.08. The normalized spacial score (nSPS) is 12.9. The van der Waals surface area contributed by atoms with Crippen molar-refractivity contribution >= 4 is 38.1 Å². The van der Waals surface area contributed by atoms with E-state index in [1.54, 1.807) is 0 Å². The molecule has 140 valence electrons. The molecular formula is C18H16N2O5S2. The maximum atomic E-state index is 12.2. The molecule has 0 bridgehead atoms. The highest BCUT2D eigenvalue weighted by Crippen LogP contribution is 2.38. The SMILES string of the molecule is CS(=O)(=O)c1ccccc1C(=O)OCC(=O)Nc1sc2c(c1C#N)CCC2. The Bertz CT molecular complexity index is 1060. The molecule has 0 spiro atoms. The summed E-state index contributed by atoms with van der Waals surface area (Å²) in [6.07, 6.45) is 3.70. The molecule has 1 aliphatic rings. The molecule has 0 radical (unpaired) electrons. The van der Waals surface area contributed by atoms with Crippen LogP contribution in [0.4, 0.5) is 5.00 Å². The first kappa shape index (κ1) is 19.1. The molecule has 2 aromatic rings. The van der Waals surface area contributed by atoms with Crippen LogP contribution in [-0.4, -0.2) is 33.2 Å². The van der Waals surface area contributed by atoms with Crippen LogP contribution in [0.2, 0.25) is 0 Å². The fraction of sp³-hybridized carbons (Fsp3) is 0.278. The molecule has 1 aliphatic carbocycles. The molecular weight excluding hydrogens is 388 g/mol. The molecule has 0 aliphatic heterocycles. The van der Waals surface area contributed by atoms with E-state index in [0.29, 0.717) is 10.6 Å². The maximum absolute atomic E-state index is 12.2. The number of nitrogens with one attached hydrogen (secondary N) is 1. The van der Waals surface area contributed by atoms with Crippen LogP contribution in [0.25, 0.3) is 0 Å². The van der Waals surface area contributed by atoms with E-state index < -0.39 is 28.3 Å². The fourth-order valence-corrected chi connectivity index (χ4v) is 5.07. The van der Waals surface area contributed by atoms with Crippen molar-refractivity contribution in [1.82, 2.24) is 0 Å². The molecule has 1 N–H and O–H groups in total. The van der Waals surface area contributed by atoms with Gasteiger partial charge in [-0.05, 0) is 37.0 Å². The topological polar surface area (TPSA) is 113 Å². The van der Waals surface area contributed by atoms with Crippen LogP contribution in [0.1, 0.15) is 32.8 Å². The Hall–Kier alpha value is -2.70. The molecule has 1 aromatic carbocycles. The summed E-state index contributed by atoms with van der Waals surface area (Å²) >= 11 is 1.36. The second-order valence-electron chi connectivity index (χ2n) is 6.07. The zero-order valence-electron chi connectivity index (χ0n) is 14.4. The zero-order valence-corrected chi connectivity index (χ0v) is 16.1. The number of benzene rings is 1. The van der Waals surface area contributed by atoms with Gasteiger partial charge in [-0.2, -0.15) is 5.26 Å². The van der Waals surface area contributed by atoms with Crippen molar-refractivity contribution in [1.29, 1.82) is 5.26 Å². The van der Waals surface area contributed by atoms with E-state index in [9.17, 15) is 23.3 Å². The first-order valence-corrected chi connectivity index (χ1v) is 10.8. The number of nitriles is 1. The van der Waals surface area contributed by atoms with Crippen molar-refractivity contribution in [2.75, 3.05) is 18.2 Å². The lowest BCUT2D eigenvalue weighted by molar-refractivity contribution is -0.119. The van der Waals surface area contributed by atoms with Crippen LogP contribution in [0.15, 0.2) is 29.2 Å². The Morgan fingerprint density at radius 2 is 2.04 bits per heavy atom. The van der Waals surface area contributed by atoms with Gasteiger partial charge in [-0.25, -0.2) is 13.2 Å². The smallest absolute Gasteiger partial charge is 0.339 e. The van der Waals surface area contributed by atoms with Crippen molar-refractivity contribution < 1.29 is 22.7 Å². The Morgan fingerprint density at radius 1 is 1.30 bits per heavy atom. The average Bonchev–Trinajstić information content (AvgIpc) is 3.19. The van der Waals surface area contributed by atoms with Crippen LogP contribution in [-0.2, 0) is 32.2 Å². The van der Waals surface area contributed by atoms with Gasteiger partial charge in [-0.15, -0.1) is 11.3 Å². The molecule has 1 aromatic heterocycles. The predicted octanol–water partition coefficient (Wildman–Crippen LogP) is 2.31. The second-order valence-corrected chi connectivity index (χ2v) is 9.16. The number of ether oxygens (including phenoxy) is 1. The first-order valence-electron chi connectivity index (χ1n) is 8.12. The van der Waals surface area contributed by atoms with Gasteiger partial charge >= 0.3 is 5.97 Å². The maximum Gasteiger partial charge on any atom is 0.339 e. The van der Waals surface area contributed by atoms with E-state index in [1.165, 1.54) is 35.6 Å². The van der Waals surface area contributed by atoms with E-state index in [1.807, 2.05) is 0 Å². The van der Waals surface area contributed by atoms with Crippen molar-refractivity contribution in [3.05, 3.63) is 45.8 Å². The third-order valence-electron chi connectivity index (χ3n) is 4.13. The molecule has 7 nitrogen and oxygen atoms in total. The first-order chi connectivity index (χ1) is 12.8. The van der Waals surface area contributed by atoms with Gasteiger partial charge in [0.05, 0.1) is 16.0 Å². The van der Waals surface area contributed by atoms with Crippen molar-refractivity contribution in [2.24, 2.45) is 0 Å². The predicted molar refractivity (Wildman–Crippen MR) is 99.5 cm³/mol. The van der Waals surface area contributed by atoms with Crippen molar-refractivity contribution in [3.63, 3.8) is 0 Å². The summed E-state index contributed by atoms with van der Waals surface area (Å²) in [4.78, 5) is 25.2. The van der Waals surface area contributed by atoms with Crippen molar-refractivity contribution in [2.45, 2.75) is 24.2 Å². The number of esters is 1. The number of carbonyl (C=O) groups is 2. The number of rotatable bonds is 5. The van der Waals surface area contributed by atoms with Gasteiger partial charge in [0.2, 0.25) is 0 Å². The highest BCUT2D eigenvalue weighted by Gasteiger charge is 2.24. The quantitative estimate of drug-likeness (QED) is 0.765. The minimum Gasteiger partial charge on any atom is -0.452 e. The lowest BCUT2D eigenvalue weighted by Crippen LogP contribution is -2.21. The number of hydrogen-bond donors (Lipinski definition) is 1. The van der Waals surface area contributed by atoms with E-state index in [4.69, 9.17) is 4.74 Å². The molecule has 1 heterocycles. The zero-order chi connectivity index (χ0) is 19.6. The fourth-order valence-electron chi connectivity index (χ4n) is 2.94. The molecule has 0 saturated carbocycles. The van der Waals surface area contributed by atoms with Gasteiger partial charge < -0.3 is 10.1 Å². The van der Waals surface area contributed by atoms with Crippen LogP contribution >= 0.6 is 11.3 Å².